The monoisotopic (exact) mass is 247 g/mol. The van der Waals surface area contributed by atoms with Crippen LogP contribution in [0, 0.1) is 0 Å². The standard InChI is InChI=1S/C11H19ClFN3/c1-5-16-10(8(12)6-15-16)9(13)7-14-11(2,3)4/h6,9,14H,5,7H2,1-4H3. The van der Waals surface area contributed by atoms with Crippen molar-refractivity contribution in [1.82, 2.24) is 15.1 Å². The highest BCUT2D eigenvalue weighted by atomic mass is 35.5. The molecule has 0 saturated carbocycles. The van der Waals surface area contributed by atoms with E-state index in [0.717, 1.165) is 0 Å². The van der Waals surface area contributed by atoms with Crippen molar-refractivity contribution in [3.8, 4) is 0 Å². The Kier molecular flexibility index (Phi) is 4.33. The molecule has 1 aromatic heterocycles. The lowest BCUT2D eigenvalue weighted by molar-refractivity contribution is 0.277. The summed E-state index contributed by atoms with van der Waals surface area (Å²) in [4.78, 5) is 0. The lowest BCUT2D eigenvalue weighted by atomic mass is 10.1. The van der Waals surface area contributed by atoms with Crippen molar-refractivity contribution >= 4 is 11.6 Å². The fraction of sp³-hybridized carbons (Fsp3) is 0.727. The van der Waals surface area contributed by atoms with Gasteiger partial charge in [-0.15, -0.1) is 0 Å². The second-order valence-electron chi connectivity index (χ2n) is 4.79. The van der Waals surface area contributed by atoms with Gasteiger partial charge in [-0.05, 0) is 27.7 Å². The van der Waals surface area contributed by atoms with Crippen molar-refractivity contribution in [1.29, 1.82) is 0 Å². The van der Waals surface area contributed by atoms with Crippen LogP contribution in [0.5, 0.6) is 0 Å². The Hall–Kier alpha value is -0.610. The van der Waals surface area contributed by atoms with E-state index in [1.807, 2.05) is 27.7 Å². The van der Waals surface area contributed by atoms with Gasteiger partial charge in [0.25, 0.3) is 0 Å². The number of aryl methyl sites for hydroxylation is 1. The summed E-state index contributed by atoms with van der Waals surface area (Å²) >= 11 is 5.92. The SMILES string of the molecule is CCn1ncc(Cl)c1C(F)CNC(C)(C)C. The molecule has 1 heterocycles. The van der Waals surface area contributed by atoms with Gasteiger partial charge >= 0.3 is 0 Å². The van der Waals surface area contributed by atoms with E-state index in [1.54, 1.807) is 4.68 Å². The number of hydrogen-bond donors (Lipinski definition) is 1. The molecular weight excluding hydrogens is 229 g/mol. The first-order valence-electron chi connectivity index (χ1n) is 5.45. The van der Waals surface area contributed by atoms with Gasteiger partial charge in [0.2, 0.25) is 0 Å². The molecule has 0 aliphatic rings. The molecule has 0 amide bonds. The van der Waals surface area contributed by atoms with Crippen LogP contribution in [0.1, 0.15) is 39.6 Å². The summed E-state index contributed by atoms with van der Waals surface area (Å²) in [5.74, 6) is 0. The molecule has 3 nitrogen and oxygen atoms in total. The van der Waals surface area contributed by atoms with Crippen LogP contribution in [0.4, 0.5) is 4.39 Å². The van der Waals surface area contributed by atoms with Gasteiger partial charge in [-0.1, -0.05) is 11.6 Å². The van der Waals surface area contributed by atoms with E-state index in [-0.39, 0.29) is 12.1 Å². The van der Waals surface area contributed by atoms with Crippen molar-refractivity contribution in [2.45, 2.75) is 46.0 Å². The fourth-order valence-electron chi connectivity index (χ4n) is 1.43. The molecule has 1 atom stereocenters. The smallest absolute Gasteiger partial charge is 0.155 e. The number of halogens is 2. The van der Waals surface area contributed by atoms with Gasteiger partial charge in [-0.2, -0.15) is 5.10 Å². The molecule has 0 aromatic carbocycles. The molecule has 92 valence electrons. The van der Waals surface area contributed by atoms with Gasteiger partial charge in [0.15, 0.2) is 6.17 Å². The molecule has 1 aromatic rings. The highest BCUT2D eigenvalue weighted by molar-refractivity contribution is 6.31. The van der Waals surface area contributed by atoms with Crippen LogP contribution >= 0.6 is 11.6 Å². The molecule has 0 fully saturated rings. The lowest BCUT2D eigenvalue weighted by Gasteiger charge is -2.22. The Bertz CT molecular complexity index is 343. The summed E-state index contributed by atoms with van der Waals surface area (Å²) in [6.45, 7) is 8.78. The van der Waals surface area contributed by atoms with Crippen molar-refractivity contribution in [2.75, 3.05) is 6.54 Å². The summed E-state index contributed by atoms with van der Waals surface area (Å²) in [5.41, 5.74) is 0.356. The van der Waals surface area contributed by atoms with Gasteiger partial charge in [-0.3, -0.25) is 4.68 Å². The summed E-state index contributed by atoms with van der Waals surface area (Å²) in [6, 6.07) is 0. The zero-order valence-corrected chi connectivity index (χ0v) is 11.0. The van der Waals surface area contributed by atoms with E-state index in [0.29, 0.717) is 17.3 Å². The number of hydrogen-bond acceptors (Lipinski definition) is 2. The van der Waals surface area contributed by atoms with Gasteiger partial charge in [0, 0.05) is 18.6 Å². The molecule has 16 heavy (non-hydrogen) atoms. The van der Waals surface area contributed by atoms with Crippen LogP contribution in [-0.4, -0.2) is 21.9 Å². The van der Waals surface area contributed by atoms with Crippen LogP contribution in [0.3, 0.4) is 0 Å². The number of rotatable bonds is 4. The Morgan fingerprint density at radius 1 is 1.56 bits per heavy atom. The van der Waals surface area contributed by atoms with Gasteiger partial charge in [0.05, 0.1) is 16.9 Å². The second kappa shape index (κ2) is 5.15. The Balaban J connectivity index is 2.72. The first kappa shape index (κ1) is 13.5. The molecule has 0 spiro atoms. The minimum atomic E-state index is -1.13. The summed E-state index contributed by atoms with van der Waals surface area (Å²) in [5, 5.41) is 7.52. The van der Waals surface area contributed by atoms with E-state index >= 15 is 0 Å². The van der Waals surface area contributed by atoms with Crippen LogP contribution in [0.2, 0.25) is 5.02 Å². The predicted octanol–water partition coefficient (Wildman–Crippen LogP) is 2.96. The van der Waals surface area contributed by atoms with Gasteiger partial charge in [-0.25, -0.2) is 4.39 Å². The summed E-state index contributed by atoms with van der Waals surface area (Å²) in [7, 11) is 0. The maximum Gasteiger partial charge on any atom is 0.155 e. The third kappa shape index (κ3) is 3.46. The largest absolute Gasteiger partial charge is 0.309 e. The minimum absolute atomic E-state index is 0.103. The second-order valence-corrected chi connectivity index (χ2v) is 5.20. The van der Waals surface area contributed by atoms with Gasteiger partial charge in [0.1, 0.15) is 0 Å². The predicted molar refractivity (Wildman–Crippen MR) is 64.5 cm³/mol. The first-order chi connectivity index (χ1) is 7.35. The molecule has 0 aliphatic heterocycles. The highest BCUT2D eigenvalue weighted by Gasteiger charge is 2.21. The molecule has 0 saturated heterocycles. The highest BCUT2D eigenvalue weighted by Crippen LogP contribution is 2.25. The van der Waals surface area contributed by atoms with Crippen molar-refractivity contribution < 1.29 is 4.39 Å². The van der Waals surface area contributed by atoms with Crippen molar-refractivity contribution in [2.24, 2.45) is 0 Å². The van der Waals surface area contributed by atoms with Crippen LogP contribution in [0.25, 0.3) is 0 Å². The molecular formula is C11H19ClFN3. The van der Waals surface area contributed by atoms with Crippen LogP contribution in [0.15, 0.2) is 6.20 Å². The van der Waals surface area contributed by atoms with Gasteiger partial charge < -0.3 is 5.32 Å². The van der Waals surface area contributed by atoms with Crippen LogP contribution < -0.4 is 5.32 Å². The molecule has 0 aliphatic carbocycles. The summed E-state index contributed by atoms with van der Waals surface area (Å²) in [6.07, 6.45) is 0.360. The molecule has 1 unspecified atom stereocenters. The number of nitrogens with one attached hydrogen (secondary N) is 1. The van der Waals surface area contributed by atoms with E-state index < -0.39 is 6.17 Å². The number of nitrogens with zero attached hydrogens (tertiary/aromatic N) is 2. The van der Waals surface area contributed by atoms with E-state index in [1.165, 1.54) is 6.20 Å². The molecule has 1 rings (SSSR count). The minimum Gasteiger partial charge on any atom is -0.309 e. The molecule has 1 N–H and O–H groups in total. The maximum atomic E-state index is 14.0. The Morgan fingerprint density at radius 2 is 2.19 bits per heavy atom. The molecule has 0 radical (unpaired) electrons. The zero-order chi connectivity index (χ0) is 12.3. The Morgan fingerprint density at radius 3 is 2.69 bits per heavy atom. The third-order valence-corrected chi connectivity index (χ3v) is 2.53. The normalized spacial score (nSPS) is 14.1. The Labute approximate surface area is 101 Å². The average molecular weight is 248 g/mol. The van der Waals surface area contributed by atoms with Crippen LogP contribution in [-0.2, 0) is 6.54 Å². The molecule has 5 heteroatoms. The topological polar surface area (TPSA) is 29.9 Å². The lowest BCUT2D eigenvalue weighted by Crippen LogP contribution is -2.38. The van der Waals surface area contributed by atoms with E-state index in [2.05, 4.69) is 10.4 Å². The number of aromatic nitrogens is 2. The third-order valence-electron chi connectivity index (χ3n) is 2.24. The summed E-state index contributed by atoms with van der Waals surface area (Å²) < 4.78 is 15.6. The first-order valence-corrected chi connectivity index (χ1v) is 5.83. The maximum absolute atomic E-state index is 14.0. The molecule has 0 bridgehead atoms. The fourth-order valence-corrected chi connectivity index (χ4v) is 1.69. The zero-order valence-electron chi connectivity index (χ0n) is 10.2. The number of alkyl halides is 1. The van der Waals surface area contributed by atoms with E-state index in [4.69, 9.17) is 11.6 Å². The quantitative estimate of drug-likeness (QED) is 0.887. The van der Waals surface area contributed by atoms with Crippen molar-refractivity contribution in [3.05, 3.63) is 16.9 Å². The average Bonchev–Trinajstić information content (AvgIpc) is 2.55. The van der Waals surface area contributed by atoms with E-state index in [9.17, 15) is 4.39 Å². The van der Waals surface area contributed by atoms with Crippen molar-refractivity contribution in [3.63, 3.8) is 0 Å².